The molecule has 0 aromatic heterocycles. The summed E-state index contributed by atoms with van der Waals surface area (Å²) in [4.78, 5) is 0. The number of methoxy groups -OCH3 is 1. The molecule has 2 unspecified atom stereocenters. The Morgan fingerprint density at radius 2 is 1.79 bits per heavy atom. The summed E-state index contributed by atoms with van der Waals surface area (Å²) < 4.78 is 29.5. The predicted octanol–water partition coefficient (Wildman–Crippen LogP) is 3.22. The molecule has 4 rings (SSSR count). The van der Waals surface area contributed by atoms with E-state index in [0.29, 0.717) is 12.7 Å². The largest absolute Gasteiger partial charge is 0.497 e. The average molecular weight is 334 g/mol. The van der Waals surface area contributed by atoms with Crippen LogP contribution in [0.5, 0.6) is 5.75 Å². The molecule has 1 aromatic carbocycles. The summed E-state index contributed by atoms with van der Waals surface area (Å²) in [5.41, 5.74) is 1.02. The zero-order chi connectivity index (χ0) is 16.5. The number of epoxide rings is 1. The lowest BCUT2D eigenvalue weighted by Crippen LogP contribution is -2.44. The molecular formula is C19H26O5. The van der Waals surface area contributed by atoms with E-state index in [1.165, 1.54) is 0 Å². The molecule has 6 atom stereocenters. The Morgan fingerprint density at radius 1 is 1.00 bits per heavy atom. The molecule has 0 spiro atoms. The molecule has 0 radical (unpaired) electrons. The van der Waals surface area contributed by atoms with Gasteiger partial charge in [0, 0.05) is 5.56 Å². The van der Waals surface area contributed by atoms with E-state index in [1.54, 1.807) is 7.11 Å². The van der Waals surface area contributed by atoms with Crippen LogP contribution in [0, 0.1) is 0 Å². The number of hydrogen-bond acceptors (Lipinski definition) is 5. The highest BCUT2D eigenvalue weighted by atomic mass is 16.7. The standard InChI is InChI=1S/C19H26O5/c1-3-14-18-16(23-18)6-4-5-15-17(22-14)11-21-19(24-15)12-7-9-13(20-2)10-8-12/h7-10,14-19H,3-6,11H2,1-2H3/t14-,15?,16+,17?,18+,19+/m0/s1. The first-order valence-corrected chi connectivity index (χ1v) is 9.00. The van der Waals surface area contributed by atoms with Crippen LogP contribution in [0.15, 0.2) is 24.3 Å². The Morgan fingerprint density at radius 3 is 2.54 bits per heavy atom. The normalized spacial score (nSPS) is 38.9. The summed E-state index contributed by atoms with van der Waals surface area (Å²) in [6.45, 7) is 2.72. The summed E-state index contributed by atoms with van der Waals surface area (Å²) in [5, 5.41) is 0. The van der Waals surface area contributed by atoms with Crippen molar-refractivity contribution in [3.63, 3.8) is 0 Å². The van der Waals surface area contributed by atoms with Crippen molar-refractivity contribution in [2.75, 3.05) is 13.7 Å². The van der Waals surface area contributed by atoms with Crippen molar-refractivity contribution in [1.29, 1.82) is 0 Å². The van der Waals surface area contributed by atoms with E-state index in [0.717, 1.165) is 37.0 Å². The molecule has 0 aliphatic carbocycles. The molecule has 3 fully saturated rings. The van der Waals surface area contributed by atoms with Crippen molar-refractivity contribution in [2.45, 2.75) is 69.4 Å². The van der Waals surface area contributed by atoms with Gasteiger partial charge in [0.15, 0.2) is 6.29 Å². The van der Waals surface area contributed by atoms with Crippen LogP contribution >= 0.6 is 0 Å². The molecule has 0 bridgehead atoms. The van der Waals surface area contributed by atoms with Gasteiger partial charge >= 0.3 is 0 Å². The Labute approximate surface area is 143 Å². The Balaban J connectivity index is 1.44. The molecule has 132 valence electrons. The molecular weight excluding hydrogens is 308 g/mol. The first-order valence-electron chi connectivity index (χ1n) is 9.00. The lowest BCUT2D eigenvalue weighted by Gasteiger charge is -2.38. The lowest BCUT2D eigenvalue weighted by molar-refractivity contribution is -0.274. The van der Waals surface area contributed by atoms with Crippen molar-refractivity contribution in [2.24, 2.45) is 0 Å². The van der Waals surface area contributed by atoms with Gasteiger partial charge in [0.1, 0.15) is 18.0 Å². The SMILES string of the molecule is CC[C@@H]1OC2CO[C@@H](c3ccc(OC)cc3)OC2CCC[C@H]2O[C@H]12. The van der Waals surface area contributed by atoms with Gasteiger partial charge in [-0.25, -0.2) is 0 Å². The highest BCUT2D eigenvalue weighted by molar-refractivity contribution is 5.28. The number of fused-ring (bicyclic) bond motifs is 2. The fraction of sp³-hybridized carbons (Fsp3) is 0.684. The third-order valence-electron chi connectivity index (χ3n) is 5.23. The van der Waals surface area contributed by atoms with Crippen LogP contribution in [0.3, 0.4) is 0 Å². The van der Waals surface area contributed by atoms with Crippen LogP contribution in [-0.2, 0) is 18.9 Å². The van der Waals surface area contributed by atoms with Crippen LogP contribution in [0.4, 0.5) is 0 Å². The molecule has 0 amide bonds. The van der Waals surface area contributed by atoms with Crippen molar-refractivity contribution in [3.05, 3.63) is 29.8 Å². The number of hydrogen-bond donors (Lipinski definition) is 0. The van der Waals surface area contributed by atoms with E-state index < -0.39 is 0 Å². The predicted molar refractivity (Wildman–Crippen MR) is 88.0 cm³/mol. The third kappa shape index (κ3) is 3.31. The van der Waals surface area contributed by atoms with Crippen LogP contribution in [0.25, 0.3) is 0 Å². The first kappa shape index (κ1) is 16.3. The molecule has 24 heavy (non-hydrogen) atoms. The number of rotatable bonds is 3. The van der Waals surface area contributed by atoms with Crippen LogP contribution in [0.1, 0.15) is 44.5 Å². The molecule has 3 aliphatic rings. The zero-order valence-electron chi connectivity index (χ0n) is 14.4. The van der Waals surface area contributed by atoms with Crippen molar-refractivity contribution >= 4 is 0 Å². The second-order valence-corrected chi connectivity index (χ2v) is 6.80. The summed E-state index contributed by atoms with van der Waals surface area (Å²) in [5.74, 6) is 0.836. The van der Waals surface area contributed by atoms with Crippen LogP contribution in [0.2, 0.25) is 0 Å². The Hall–Kier alpha value is -1.14. The fourth-order valence-corrected chi connectivity index (χ4v) is 3.76. The molecule has 3 saturated heterocycles. The van der Waals surface area contributed by atoms with Crippen LogP contribution in [-0.4, -0.2) is 44.2 Å². The number of ether oxygens (including phenoxy) is 5. The highest BCUT2D eigenvalue weighted by Gasteiger charge is 2.47. The Bertz CT molecular complexity index is 545. The summed E-state index contributed by atoms with van der Waals surface area (Å²) in [6, 6.07) is 7.87. The molecule has 1 aromatic rings. The van der Waals surface area contributed by atoms with Crippen molar-refractivity contribution in [3.8, 4) is 5.75 Å². The van der Waals surface area contributed by atoms with Gasteiger partial charge in [-0.15, -0.1) is 0 Å². The highest BCUT2D eigenvalue weighted by Crippen LogP contribution is 2.38. The van der Waals surface area contributed by atoms with E-state index in [-0.39, 0.29) is 30.7 Å². The van der Waals surface area contributed by atoms with E-state index in [2.05, 4.69) is 6.92 Å². The van der Waals surface area contributed by atoms with E-state index in [1.807, 2.05) is 24.3 Å². The quantitative estimate of drug-likeness (QED) is 0.794. The maximum absolute atomic E-state index is 6.30. The second kappa shape index (κ2) is 7.00. The van der Waals surface area contributed by atoms with Gasteiger partial charge in [-0.3, -0.25) is 0 Å². The monoisotopic (exact) mass is 334 g/mol. The molecule has 3 heterocycles. The first-order chi connectivity index (χ1) is 11.8. The molecule has 0 saturated carbocycles. The minimum absolute atomic E-state index is 0.00704. The fourth-order valence-electron chi connectivity index (χ4n) is 3.76. The topological polar surface area (TPSA) is 49.5 Å². The minimum Gasteiger partial charge on any atom is -0.497 e. The van der Waals surface area contributed by atoms with Gasteiger partial charge in [-0.2, -0.15) is 0 Å². The van der Waals surface area contributed by atoms with Crippen LogP contribution < -0.4 is 4.74 Å². The van der Waals surface area contributed by atoms with Gasteiger partial charge in [-0.05, 0) is 37.8 Å². The van der Waals surface area contributed by atoms with E-state index >= 15 is 0 Å². The van der Waals surface area contributed by atoms with Gasteiger partial charge in [0.05, 0.1) is 32.0 Å². The maximum Gasteiger partial charge on any atom is 0.184 e. The lowest BCUT2D eigenvalue weighted by atomic mass is 10.0. The summed E-state index contributed by atoms with van der Waals surface area (Å²) in [7, 11) is 1.67. The van der Waals surface area contributed by atoms with E-state index in [9.17, 15) is 0 Å². The summed E-state index contributed by atoms with van der Waals surface area (Å²) >= 11 is 0. The average Bonchev–Trinajstić information content (AvgIpc) is 3.39. The van der Waals surface area contributed by atoms with Crippen molar-refractivity contribution in [1.82, 2.24) is 0 Å². The maximum atomic E-state index is 6.30. The molecule has 5 heteroatoms. The van der Waals surface area contributed by atoms with Gasteiger partial charge in [0.2, 0.25) is 0 Å². The third-order valence-corrected chi connectivity index (χ3v) is 5.23. The Kier molecular flexibility index (Phi) is 4.77. The van der Waals surface area contributed by atoms with Crippen molar-refractivity contribution < 1.29 is 23.7 Å². The van der Waals surface area contributed by atoms with E-state index in [4.69, 9.17) is 23.7 Å². The second-order valence-electron chi connectivity index (χ2n) is 6.80. The minimum atomic E-state index is -0.327. The van der Waals surface area contributed by atoms with Gasteiger partial charge in [0.25, 0.3) is 0 Å². The smallest absolute Gasteiger partial charge is 0.184 e. The summed E-state index contributed by atoms with van der Waals surface area (Å²) in [6.07, 6.45) is 4.72. The molecule has 5 nitrogen and oxygen atoms in total. The number of benzene rings is 1. The molecule has 0 N–H and O–H groups in total. The molecule has 3 aliphatic heterocycles. The van der Waals surface area contributed by atoms with Gasteiger partial charge < -0.3 is 23.7 Å². The zero-order valence-corrected chi connectivity index (χ0v) is 14.4. The van der Waals surface area contributed by atoms with Gasteiger partial charge in [-0.1, -0.05) is 19.1 Å².